The molecule has 8 heteroatoms. The number of alkyl halides is 2. The number of hydrogen-bond acceptors (Lipinski definition) is 5. The third-order valence-electron chi connectivity index (χ3n) is 3.00. The Balaban J connectivity index is 2.12. The Morgan fingerprint density at radius 2 is 2.05 bits per heavy atom. The highest BCUT2D eigenvalue weighted by molar-refractivity contribution is 6.28. The predicted octanol–water partition coefficient (Wildman–Crippen LogP) is 2.66. The molecule has 0 fully saturated rings. The van der Waals surface area contributed by atoms with Crippen molar-refractivity contribution in [1.29, 1.82) is 0 Å². The molecule has 0 saturated carbocycles. The van der Waals surface area contributed by atoms with Crippen molar-refractivity contribution in [1.82, 2.24) is 9.97 Å². The van der Waals surface area contributed by atoms with Crippen LogP contribution in [0.5, 0.6) is 0 Å². The van der Waals surface area contributed by atoms with Crippen LogP contribution in [0.15, 0.2) is 35.9 Å². The zero-order valence-electron chi connectivity index (χ0n) is 11.4. The SMILES string of the molecule is COC1=CC(F)(OC)C(F)C(CNc2cnc(Cl)nc2)=C1. The molecule has 0 aromatic carbocycles. The zero-order chi connectivity index (χ0) is 15.5. The Morgan fingerprint density at radius 3 is 2.62 bits per heavy atom. The normalized spacial score (nSPS) is 25.1. The van der Waals surface area contributed by atoms with Gasteiger partial charge in [0.15, 0.2) is 6.17 Å². The first-order valence-corrected chi connectivity index (χ1v) is 6.43. The van der Waals surface area contributed by atoms with Crippen LogP contribution in [0.1, 0.15) is 0 Å². The maximum atomic E-state index is 14.3. The average molecular weight is 318 g/mol. The highest BCUT2D eigenvalue weighted by Crippen LogP contribution is 2.34. The van der Waals surface area contributed by atoms with E-state index in [4.69, 9.17) is 16.3 Å². The van der Waals surface area contributed by atoms with Gasteiger partial charge < -0.3 is 14.8 Å². The van der Waals surface area contributed by atoms with Crippen molar-refractivity contribution in [2.24, 2.45) is 0 Å². The second-order valence-corrected chi connectivity index (χ2v) is 4.67. The first-order valence-electron chi connectivity index (χ1n) is 6.05. The van der Waals surface area contributed by atoms with E-state index in [0.29, 0.717) is 5.69 Å². The topological polar surface area (TPSA) is 56.3 Å². The summed E-state index contributed by atoms with van der Waals surface area (Å²) in [5, 5.41) is 2.99. The van der Waals surface area contributed by atoms with Crippen LogP contribution in [-0.4, -0.2) is 42.8 Å². The van der Waals surface area contributed by atoms with E-state index in [9.17, 15) is 8.78 Å². The summed E-state index contributed by atoms with van der Waals surface area (Å²) in [6.07, 6.45) is 3.33. The van der Waals surface area contributed by atoms with Crippen molar-refractivity contribution in [3.8, 4) is 0 Å². The van der Waals surface area contributed by atoms with E-state index in [1.54, 1.807) is 0 Å². The molecule has 0 saturated heterocycles. The summed E-state index contributed by atoms with van der Waals surface area (Å²) in [4.78, 5) is 7.56. The number of hydrogen-bond donors (Lipinski definition) is 1. The number of ether oxygens (including phenoxy) is 2. The monoisotopic (exact) mass is 317 g/mol. The molecule has 21 heavy (non-hydrogen) atoms. The minimum absolute atomic E-state index is 0.0435. The molecule has 1 N–H and O–H groups in total. The fourth-order valence-corrected chi connectivity index (χ4v) is 1.94. The standard InChI is InChI=1S/C13H14ClF2N3O2/c1-20-10-3-8(11(15)13(16,4-10)21-2)5-17-9-6-18-12(14)19-7-9/h3-4,6-7,11,17H,5H2,1-2H3. The summed E-state index contributed by atoms with van der Waals surface area (Å²) < 4.78 is 38.1. The molecule has 1 aliphatic carbocycles. The van der Waals surface area contributed by atoms with Crippen LogP contribution in [0.25, 0.3) is 0 Å². The summed E-state index contributed by atoms with van der Waals surface area (Å²) in [5.74, 6) is -2.36. The number of halogens is 3. The Kier molecular flexibility index (Phi) is 4.74. The van der Waals surface area contributed by atoms with Gasteiger partial charge >= 0.3 is 0 Å². The highest BCUT2D eigenvalue weighted by Gasteiger charge is 2.43. The molecular weight excluding hydrogens is 304 g/mol. The Hall–Kier alpha value is -1.73. The van der Waals surface area contributed by atoms with Crippen molar-refractivity contribution < 1.29 is 18.3 Å². The van der Waals surface area contributed by atoms with E-state index >= 15 is 0 Å². The second-order valence-electron chi connectivity index (χ2n) is 4.33. The first kappa shape index (κ1) is 15.7. The molecule has 0 bridgehead atoms. The Morgan fingerprint density at radius 1 is 1.38 bits per heavy atom. The molecule has 1 aliphatic rings. The third kappa shape index (κ3) is 3.48. The van der Waals surface area contributed by atoms with Gasteiger partial charge in [-0.3, -0.25) is 0 Å². The number of anilines is 1. The van der Waals surface area contributed by atoms with Crippen LogP contribution in [0.4, 0.5) is 14.5 Å². The lowest BCUT2D eigenvalue weighted by molar-refractivity contribution is -0.123. The zero-order valence-corrected chi connectivity index (χ0v) is 12.2. The molecule has 1 heterocycles. The Bertz CT molecular complexity index is 565. The third-order valence-corrected chi connectivity index (χ3v) is 3.20. The molecule has 1 aromatic rings. The van der Waals surface area contributed by atoms with E-state index in [2.05, 4.69) is 20.0 Å². The van der Waals surface area contributed by atoms with Gasteiger partial charge in [0.25, 0.3) is 5.85 Å². The minimum Gasteiger partial charge on any atom is -0.497 e. The summed E-state index contributed by atoms with van der Waals surface area (Å²) >= 11 is 5.57. The van der Waals surface area contributed by atoms with Crippen molar-refractivity contribution in [3.63, 3.8) is 0 Å². The van der Waals surface area contributed by atoms with E-state index in [-0.39, 0.29) is 23.2 Å². The van der Waals surface area contributed by atoms with E-state index in [1.807, 2.05) is 0 Å². The lowest BCUT2D eigenvalue weighted by Gasteiger charge is -2.30. The highest BCUT2D eigenvalue weighted by atomic mass is 35.5. The number of nitrogens with zero attached hydrogens (tertiary/aromatic N) is 2. The largest absolute Gasteiger partial charge is 0.497 e. The summed E-state index contributed by atoms with van der Waals surface area (Å²) in [7, 11) is 2.47. The molecular formula is C13H14ClF2N3O2. The van der Waals surface area contributed by atoms with Crippen LogP contribution in [-0.2, 0) is 9.47 Å². The van der Waals surface area contributed by atoms with Gasteiger partial charge in [-0.05, 0) is 23.3 Å². The molecule has 5 nitrogen and oxygen atoms in total. The molecule has 2 rings (SSSR count). The smallest absolute Gasteiger partial charge is 0.267 e. The fraction of sp³-hybridized carbons (Fsp3) is 0.385. The number of nitrogens with one attached hydrogen (secondary N) is 1. The molecule has 0 radical (unpaired) electrons. The van der Waals surface area contributed by atoms with Crippen LogP contribution in [0.3, 0.4) is 0 Å². The van der Waals surface area contributed by atoms with E-state index in [1.165, 1.54) is 25.6 Å². The van der Waals surface area contributed by atoms with Crippen LogP contribution < -0.4 is 5.32 Å². The lowest BCUT2D eigenvalue weighted by atomic mass is 9.97. The molecule has 2 unspecified atom stereocenters. The summed E-state index contributed by atoms with van der Waals surface area (Å²) in [6.45, 7) is 0.0435. The van der Waals surface area contributed by atoms with Crippen molar-refractivity contribution >= 4 is 17.3 Å². The van der Waals surface area contributed by atoms with Gasteiger partial charge in [-0.25, -0.2) is 18.7 Å². The molecule has 2 atom stereocenters. The van der Waals surface area contributed by atoms with Gasteiger partial charge in [-0.2, -0.15) is 0 Å². The van der Waals surface area contributed by atoms with Crippen molar-refractivity contribution in [2.45, 2.75) is 12.0 Å². The Labute approximate surface area is 125 Å². The maximum Gasteiger partial charge on any atom is 0.267 e. The van der Waals surface area contributed by atoms with Gasteiger partial charge in [0.1, 0.15) is 5.76 Å². The summed E-state index contributed by atoms with van der Waals surface area (Å²) in [5.41, 5.74) is 0.677. The van der Waals surface area contributed by atoms with Gasteiger partial charge in [0.05, 0.1) is 25.2 Å². The van der Waals surface area contributed by atoms with Crippen LogP contribution >= 0.6 is 11.6 Å². The van der Waals surface area contributed by atoms with Crippen molar-refractivity contribution in [3.05, 3.63) is 41.2 Å². The molecule has 114 valence electrons. The lowest BCUT2D eigenvalue weighted by Crippen LogP contribution is -2.40. The van der Waals surface area contributed by atoms with Crippen molar-refractivity contribution in [2.75, 3.05) is 26.1 Å². The molecule has 0 amide bonds. The molecule has 0 spiro atoms. The number of methoxy groups -OCH3 is 2. The minimum atomic E-state index is -2.55. The van der Waals surface area contributed by atoms with Gasteiger partial charge in [-0.15, -0.1) is 0 Å². The van der Waals surface area contributed by atoms with E-state index in [0.717, 1.165) is 13.2 Å². The summed E-state index contributed by atoms with van der Waals surface area (Å²) in [6, 6.07) is 0. The quantitative estimate of drug-likeness (QED) is 0.846. The fourth-order valence-electron chi connectivity index (χ4n) is 1.85. The van der Waals surface area contributed by atoms with Gasteiger partial charge in [-0.1, -0.05) is 0 Å². The second kappa shape index (κ2) is 6.36. The van der Waals surface area contributed by atoms with Gasteiger partial charge in [0, 0.05) is 19.7 Å². The number of rotatable bonds is 5. The number of allylic oxidation sites excluding steroid dienone is 1. The average Bonchev–Trinajstić information content (AvgIpc) is 2.50. The number of aromatic nitrogens is 2. The van der Waals surface area contributed by atoms with Crippen LogP contribution in [0.2, 0.25) is 5.28 Å². The van der Waals surface area contributed by atoms with Crippen LogP contribution in [0, 0.1) is 0 Å². The molecule has 0 aliphatic heterocycles. The van der Waals surface area contributed by atoms with E-state index < -0.39 is 12.0 Å². The molecule has 1 aromatic heterocycles. The first-order chi connectivity index (χ1) is 9.98. The predicted molar refractivity (Wildman–Crippen MR) is 74.5 cm³/mol. The maximum absolute atomic E-state index is 14.3. The van der Waals surface area contributed by atoms with Gasteiger partial charge in [0.2, 0.25) is 5.28 Å².